The summed E-state index contributed by atoms with van der Waals surface area (Å²) in [5, 5.41) is 0. The van der Waals surface area contributed by atoms with Gasteiger partial charge in [-0.1, -0.05) is 0 Å². The molecule has 0 aromatic carbocycles. The molecule has 0 bridgehead atoms. The summed E-state index contributed by atoms with van der Waals surface area (Å²) in [6, 6.07) is 1.66. The van der Waals surface area contributed by atoms with E-state index in [0.717, 1.165) is 0 Å². The third-order valence-corrected chi connectivity index (χ3v) is 3.76. The van der Waals surface area contributed by atoms with Crippen LogP contribution in [0.15, 0.2) is 12.3 Å². The Morgan fingerprint density at radius 2 is 2.29 bits per heavy atom. The number of sulfonamides is 1. The van der Waals surface area contributed by atoms with Gasteiger partial charge in [0.15, 0.2) is 5.65 Å². The summed E-state index contributed by atoms with van der Waals surface area (Å²) in [6.07, 6.45) is 1.85. The van der Waals surface area contributed by atoms with E-state index >= 15 is 0 Å². The van der Waals surface area contributed by atoms with Crippen molar-refractivity contribution < 1.29 is 8.42 Å². The first-order chi connectivity index (χ1) is 8.02. The lowest BCUT2D eigenvalue weighted by atomic mass is 10.4. The number of nitrogen functional groups attached to an aromatic ring is 1. The van der Waals surface area contributed by atoms with Crippen LogP contribution in [0.25, 0.3) is 11.2 Å². The van der Waals surface area contributed by atoms with Crippen LogP contribution in [-0.2, 0) is 16.4 Å². The van der Waals surface area contributed by atoms with E-state index in [1.165, 1.54) is 7.05 Å². The molecule has 0 saturated carbocycles. The third kappa shape index (κ3) is 2.53. The summed E-state index contributed by atoms with van der Waals surface area (Å²) in [5.74, 6) is 0.535. The fraction of sp³-hybridized carbons (Fsp3) is 0.333. The molecule has 0 aliphatic heterocycles. The Morgan fingerprint density at radius 3 is 2.94 bits per heavy atom. The van der Waals surface area contributed by atoms with Crippen LogP contribution in [0, 0.1) is 0 Å². The average Bonchev–Trinajstić information content (AvgIpc) is 2.71. The number of anilines is 1. The number of aromatic nitrogens is 3. The number of fused-ring (bicyclic) bond motifs is 1. The van der Waals surface area contributed by atoms with Crippen LogP contribution in [0.5, 0.6) is 0 Å². The zero-order valence-corrected chi connectivity index (χ0v) is 10.1. The average molecular weight is 255 g/mol. The van der Waals surface area contributed by atoms with E-state index in [0.29, 0.717) is 29.1 Å². The first kappa shape index (κ1) is 11.8. The molecule has 7 nitrogen and oxygen atoms in total. The standard InChI is InChI=1S/C9H13N5O2S/c1-11-17(15,16)5-3-7-13-8-6(10)2-4-12-9(8)14-7/h2,4,11H,3,5H2,1H3,(H3,10,12,13,14). The zero-order chi connectivity index (χ0) is 12.5. The Labute approximate surface area is 98.5 Å². The van der Waals surface area contributed by atoms with Crippen molar-refractivity contribution in [3.8, 4) is 0 Å². The second-order valence-corrected chi connectivity index (χ2v) is 5.60. The van der Waals surface area contributed by atoms with E-state index in [9.17, 15) is 8.42 Å². The normalized spacial score (nSPS) is 12.1. The van der Waals surface area contributed by atoms with Gasteiger partial charge in [0.05, 0.1) is 11.4 Å². The summed E-state index contributed by atoms with van der Waals surface area (Å²) in [7, 11) is -1.84. The number of H-pyrrole nitrogens is 1. The van der Waals surface area contributed by atoms with Gasteiger partial charge in [0.25, 0.3) is 0 Å². The smallest absolute Gasteiger partial charge is 0.211 e. The van der Waals surface area contributed by atoms with Crippen molar-refractivity contribution in [1.29, 1.82) is 0 Å². The quantitative estimate of drug-likeness (QED) is 0.690. The van der Waals surface area contributed by atoms with Crippen molar-refractivity contribution in [3.63, 3.8) is 0 Å². The van der Waals surface area contributed by atoms with E-state index in [2.05, 4.69) is 19.7 Å². The molecule has 2 heterocycles. The lowest BCUT2D eigenvalue weighted by Gasteiger charge is -1.99. The Kier molecular flexibility index (Phi) is 2.99. The van der Waals surface area contributed by atoms with Gasteiger partial charge in [0.2, 0.25) is 10.0 Å². The number of imidazole rings is 1. The maximum atomic E-state index is 11.3. The maximum absolute atomic E-state index is 11.3. The van der Waals surface area contributed by atoms with Gasteiger partial charge in [-0.25, -0.2) is 23.1 Å². The molecule has 17 heavy (non-hydrogen) atoms. The van der Waals surface area contributed by atoms with Crippen molar-refractivity contribution in [3.05, 3.63) is 18.1 Å². The summed E-state index contributed by atoms with van der Waals surface area (Å²) in [6.45, 7) is 0. The van der Waals surface area contributed by atoms with Crippen molar-refractivity contribution in [2.75, 3.05) is 18.5 Å². The van der Waals surface area contributed by atoms with Crippen molar-refractivity contribution in [2.24, 2.45) is 0 Å². The van der Waals surface area contributed by atoms with Crippen molar-refractivity contribution >= 4 is 26.9 Å². The number of nitrogens with one attached hydrogen (secondary N) is 2. The van der Waals surface area contributed by atoms with Crippen LogP contribution in [0.2, 0.25) is 0 Å². The second kappa shape index (κ2) is 4.30. The zero-order valence-electron chi connectivity index (χ0n) is 9.27. The van der Waals surface area contributed by atoms with E-state index in [4.69, 9.17) is 5.73 Å². The Bertz CT molecular complexity index is 634. The largest absolute Gasteiger partial charge is 0.397 e. The minimum atomic E-state index is -3.23. The molecule has 0 radical (unpaired) electrons. The highest BCUT2D eigenvalue weighted by molar-refractivity contribution is 7.89. The van der Waals surface area contributed by atoms with E-state index in [-0.39, 0.29) is 5.75 Å². The first-order valence-corrected chi connectivity index (χ1v) is 6.67. The number of aryl methyl sites for hydroxylation is 1. The number of rotatable bonds is 4. The lowest BCUT2D eigenvalue weighted by Crippen LogP contribution is -2.23. The predicted octanol–water partition coefficient (Wildman–Crippen LogP) is -0.368. The maximum Gasteiger partial charge on any atom is 0.211 e. The Hall–Kier alpha value is -1.67. The third-order valence-electron chi connectivity index (χ3n) is 2.39. The fourth-order valence-corrected chi connectivity index (χ4v) is 2.10. The lowest BCUT2D eigenvalue weighted by molar-refractivity contribution is 0.587. The topological polar surface area (TPSA) is 114 Å². The minimum absolute atomic E-state index is 0.0246. The molecule has 0 aliphatic carbocycles. The van der Waals surface area contributed by atoms with Gasteiger partial charge in [-0.3, -0.25) is 0 Å². The molecule has 0 saturated heterocycles. The molecule has 92 valence electrons. The number of nitrogens with two attached hydrogens (primary N) is 1. The predicted molar refractivity (Wildman–Crippen MR) is 64.9 cm³/mol. The minimum Gasteiger partial charge on any atom is -0.397 e. The fourth-order valence-electron chi connectivity index (χ4n) is 1.43. The molecule has 2 aromatic heterocycles. The SMILES string of the molecule is CNS(=O)(=O)CCc1nc2nccc(N)c2[nH]1. The van der Waals surface area contributed by atoms with Gasteiger partial charge in [0.1, 0.15) is 11.3 Å². The van der Waals surface area contributed by atoms with Crippen LogP contribution < -0.4 is 10.5 Å². The molecule has 0 atom stereocenters. The number of hydrogen-bond acceptors (Lipinski definition) is 5. The summed E-state index contributed by atoms with van der Waals surface area (Å²) >= 11 is 0. The van der Waals surface area contributed by atoms with Crippen molar-refractivity contribution in [2.45, 2.75) is 6.42 Å². The summed E-state index contributed by atoms with van der Waals surface area (Å²) < 4.78 is 24.8. The molecule has 0 spiro atoms. The highest BCUT2D eigenvalue weighted by Crippen LogP contribution is 2.15. The van der Waals surface area contributed by atoms with E-state index in [1.807, 2.05) is 0 Å². The summed E-state index contributed by atoms with van der Waals surface area (Å²) in [5.41, 5.74) is 7.43. The molecule has 2 aromatic rings. The highest BCUT2D eigenvalue weighted by Gasteiger charge is 2.11. The van der Waals surface area contributed by atoms with Crippen LogP contribution >= 0.6 is 0 Å². The monoisotopic (exact) mass is 255 g/mol. The summed E-state index contributed by atoms with van der Waals surface area (Å²) in [4.78, 5) is 11.2. The molecular weight excluding hydrogens is 242 g/mol. The molecular formula is C9H13N5O2S. The van der Waals surface area contributed by atoms with Gasteiger partial charge in [-0.05, 0) is 13.1 Å². The van der Waals surface area contributed by atoms with Gasteiger partial charge in [0, 0.05) is 12.6 Å². The first-order valence-electron chi connectivity index (χ1n) is 5.02. The van der Waals surface area contributed by atoms with Crippen LogP contribution in [0.4, 0.5) is 5.69 Å². The van der Waals surface area contributed by atoms with Gasteiger partial charge < -0.3 is 10.7 Å². The Morgan fingerprint density at radius 1 is 1.53 bits per heavy atom. The molecule has 0 amide bonds. The number of aromatic amines is 1. The number of nitrogens with zero attached hydrogens (tertiary/aromatic N) is 2. The molecule has 2 rings (SSSR count). The molecule has 0 fully saturated rings. The van der Waals surface area contributed by atoms with Gasteiger partial charge in [-0.15, -0.1) is 0 Å². The van der Waals surface area contributed by atoms with Crippen LogP contribution in [-0.4, -0.2) is 36.2 Å². The van der Waals surface area contributed by atoms with Crippen molar-refractivity contribution in [1.82, 2.24) is 19.7 Å². The Balaban J connectivity index is 2.24. The number of pyridine rings is 1. The molecule has 0 aliphatic rings. The van der Waals surface area contributed by atoms with Crippen LogP contribution in [0.3, 0.4) is 0 Å². The molecule has 8 heteroatoms. The second-order valence-electron chi connectivity index (χ2n) is 3.56. The van der Waals surface area contributed by atoms with Gasteiger partial charge >= 0.3 is 0 Å². The number of hydrogen-bond donors (Lipinski definition) is 3. The van der Waals surface area contributed by atoms with E-state index in [1.54, 1.807) is 12.3 Å². The van der Waals surface area contributed by atoms with Gasteiger partial charge in [-0.2, -0.15) is 0 Å². The molecule has 0 unspecified atom stereocenters. The van der Waals surface area contributed by atoms with Crippen LogP contribution in [0.1, 0.15) is 5.82 Å². The molecule has 4 N–H and O–H groups in total. The van der Waals surface area contributed by atoms with E-state index < -0.39 is 10.0 Å². The highest BCUT2D eigenvalue weighted by atomic mass is 32.2.